The predicted molar refractivity (Wildman–Crippen MR) is 91.4 cm³/mol. The van der Waals surface area contributed by atoms with Gasteiger partial charge in [0.05, 0.1) is 6.54 Å². The molecule has 0 spiro atoms. The van der Waals surface area contributed by atoms with Crippen molar-refractivity contribution >= 4 is 11.8 Å². The molecule has 3 aliphatic rings. The van der Waals surface area contributed by atoms with Crippen LogP contribution in [-0.2, 0) is 9.59 Å². The molecule has 1 saturated heterocycles. The van der Waals surface area contributed by atoms with E-state index in [4.69, 9.17) is 0 Å². The second-order valence-corrected chi connectivity index (χ2v) is 7.45. The number of halogens is 1. The molecule has 3 fully saturated rings. The summed E-state index contributed by atoms with van der Waals surface area (Å²) in [5.74, 6) is 0.178. The van der Waals surface area contributed by atoms with Crippen LogP contribution in [0.25, 0.3) is 0 Å². The van der Waals surface area contributed by atoms with E-state index in [1.165, 1.54) is 12.1 Å². The van der Waals surface area contributed by atoms with E-state index >= 15 is 0 Å². The van der Waals surface area contributed by atoms with Crippen LogP contribution in [0.5, 0.6) is 0 Å². The first kappa shape index (κ1) is 16.5. The quantitative estimate of drug-likeness (QED) is 0.877. The Kier molecular flexibility index (Phi) is 4.46. The second kappa shape index (κ2) is 6.75. The summed E-state index contributed by atoms with van der Waals surface area (Å²) in [5, 5.41) is 3.00. The topological polar surface area (TPSA) is 52.7 Å². The van der Waals surface area contributed by atoms with E-state index in [9.17, 15) is 14.0 Å². The molecule has 2 saturated carbocycles. The Bertz CT molecular complexity index is 668. The number of piperazine rings is 1. The maximum atomic E-state index is 13.3. The molecule has 0 unspecified atom stereocenters. The fourth-order valence-electron chi connectivity index (χ4n) is 3.64. The van der Waals surface area contributed by atoms with Crippen LogP contribution in [-0.4, -0.2) is 60.4 Å². The molecule has 0 aromatic heterocycles. The van der Waals surface area contributed by atoms with Gasteiger partial charge in [-0.3, -0.25) is 14.5 Å². The van der Waals surface area contributed by atoms with Gasteiger partial charge in [0.15, 0.2) is 0 Å². The number of hydrogen-bond acceptors (Lipinski definition) is 3. The van der Waals surface area contributed by atoms with Gasteiger partial charge in [0.1, 0.15) is 5.82 Å². The number of nitrogens with one attached hydrogen (secondary N) is 1. The minimum atomic E-state index is -0.242. The zero-order valence-corrected chi connectivity index (χ0v) is 14.3. The van der Waals surface area contributed by atoms with Gasteiger partial charge in [-0.1, -0.05) is 12.1 Å². The van der Waals surface area contributed by atoms with Crippen LogP contribution in [0.1, 0.15) is 30.7 Å². The third-order valence-electron chi connectivity index (χ3n) is 5.38. The van der Waals surface area contributed by atoms with Gasteiger partial charge in [-0.2, -0.15) is 0 Å². The average Bonchev–Trinajstić information content (AvgIpc) is 3.50. The van der Waals surface area contributed by atoms with Gasteiger partial charge >= 0.3 is 0 Å². The van der Waals surface area contributed by atoms with Crippen LogP contribution >= 0.6 is 0 Å². The molecule has 1 N–H and O–H groups in total. The summed E-state index contributed by atoms with van der Waals surface area (Å²) in [5.41, 5.74) is 0.925. The molecule has 5 nitrogen and oxygen atoms in total. The maximum absolute atomic E-state index is 13.3. The van der Waals surface area contributed by atoms with Crippen LogP contribution in [0.15, 0.2) is 24.3 Å². The lowest BCUT2D eigenvalue weighted by Gasteiger charge is -2.34. The molecule has 1 heterocycles. The summed E-state index contributed by atoms with van der Waals surface area (Å²) >= 11 is 0. The molecular formula is C19H24FN3O2. The third kappa shape index (κ3) is 4.00. The molecular weight excluding hydrogens is 321 g/mol. The SMILES string of the molecule is O=C(CN1CCN(C(=O)[C@@H]2C[C@@H]2c2cccc(F)c2)CC1)NC1CC1. The third-order valence-corrected chi connectivity index (χ3v) is 5.38. The molecule has 2 atom stereocenters. The van der Waals surface area contributed by atoms with Gasteiger partial charge in [0, 0.05) is 38.1 Å². The smallest absolute Gasteiger partial charge is 0.234 e. The summed E-state index contributed by atoms with van der Waals surface area (Å²) in [4.78, 5) is 28.5. The van der Waals surface area contributed by atoms with E-state index in [-0.39, 0.29) is 29.5 Å². The zero-order valence-electron chi connectivity index (χ0n) is 14.3. The van der Waals surface area contributed by atoms with Crippen molar-refractivity contribution in [1.82, 2.24) is 15.1 Å². The molecule has 2 aliphatic carbocycles. The van der Waals surface area contributed by atoms with E-state index in [2.05, 4.69) is 10.2 Å². The highest BCUT2D eigenvalue weighted by Gasteiger charge is 2.46. The minimum absolute atomic E-state index is 0.00786. The highest BCUT2D eigenvalue weighted by atomic mass is 19.1. The fourth-order valence-corrected chi connectivity index (χ4v) is 3.64. The van der Waals surface area contributed by atoms with Gasteiger partial charge in [0.2, 0.25) is 11.8 Å². The van der Waals surface area contributed by atoms with Crippen molar-refractivity contribution in [3.63, 3.8) is 0 Å². The first-order valence-electron chi connectivity index (χ1n) is 9.16. The largest absolute Gasteiger partial charge is 0.352 e. The Morgan fingerprint density at radius 3 is 2.60 bits per heavy atom. The van der Waals surface area contributed by atoms with Crippen molar-refractivity contribution in [2.75, 3.05) is 32.7 Å². The molecule has 134 valence electrons. The van der Waals surface area contributed by atoms with Gasteiger partial charge < -0.3 is 10.2 Å². The molecule has 0 bridgehead atoms. The van der Waals surface area contributed by atoms with Crippen LogP contribution in [0.4, 0.5) is 4.39 Å². The van der Waals surface area contributed by atoms with Crippen molar-refractivity contribution in [1.29, 1.82) is 0 Å². The predicted octanol–water partition coefficient (Wildman–Crippen LogP) is 1.35. The van der Waals surface area contributed by atoms with Crippen molar-refractivity contribution in [3.05, 3.63) is 35.6 Å². The number of rotatable bonds is 5. The van der Waals surface area contributed by atoms with Crippen LogP contribution in [0, 0.1) is 11.7 Å². The van der Waals surface area contributed by atoms with Gasteiger partial charge in [-0.25, -0.2) is 4.39 Å². The Morgan fingerprint density at radius 2 is 1.92 bits per heavy atom. The molecule has 1 aromatic rings. The average molecular weight is 345 g/mol. The summed E-state index contributed by atoms with van der Waals surface area (Å²) in [6.07, 6.45) is 3.01. The molecule has 25 heavy (non-hydrogen) atoms. The monoisotopic (exact) mass is 345 g/mol. The number of carbonyl (C=O) groups excluding carboxylic acids is 2. The molecule has 0 radical (unpaired) electrons. The zero-order chi connectivity index (χ0) is 17.4. The van der Waals surface area contributed by atoms with Crippen molar-refractivity contribution in [2.45, 2.75) is 31.2 Å². The van der Waals surface area contributed by atoms with Crippen LogP contribution < -0.4 is 5.32 Å². The van der Waals surface area contributed by atoms with E-state index in [0.717, 1.165) is 37.9 Å². The second-order valence-electron chi connectivity index (χ2n) is 7.45. The number of hydrogen-bond donors (Lipinski definition) is 1. The van der Waals surface area contributed by atoms with E-state index in [1.807, 2.05) is 11.0 Å². The van der Waals surface area contributed by atoms with Gasteiger partial charge in [-0.15, -0.1) is 0 Å². The number of carbonyl (C=O) groups is 2. The molecule has 1 aliphatic heterocycles. The Hall–Kier alpha value is -1.95. The molecule has 6 heteroatoms. The number of amides is 2. The lowest BCUT2D eigenvalue weighted by molar-refractivity contribution is -0.134. The van der Waals surface area contributed by atoms with Crippen molar-refractivity contribution in [2.24, 2.45) is 5.92 Å². The number of benzene rings is 1. The fraction of sp³-hybridized carbons (Fsp3) is 0.579. The summed E-state index contributed by atoms with van der Waals surface area (Å²) in [7, 11) is 0. The Labute approximate surface area is 147 Å². The normalized spacial score (nSPS) is 26.4. The van der Waals surface area contributed by atoms with E-state index < -0.39 is 0 Å². The first-order chi connectivity index (χ1) is 12.1. The van der Waals surface area contributed by atoms with Gasteiger partial charge in [0.25, 0.3) is 0 Å². The first-order valence-corrected chi connectivity index (χ1v) is 9.16. The van der Waals surface area contributed by atoms with Gasteiger partial charge in [-0.05, 0) is 42.9 Å². The van der Waals surface area contributed by atoms with E-state index in [0.29, 0.717) is 25.7 Å². The highest BCUT2D eigenvalue weighted by molar-refractivity contribution is 5.83. The summed E-state index contributed by atoms with van der Waals surface area (Å²) in [6, 6.07) is 6.97. The Morgan fingerprint density at radius 1 is 1.16 bits per heavy atom. The molecule has 1 aromatic carbocycles. The lowest BCUT2D eigenvalue weighted by atomic mass is 10.1. The minimum Gasteiger partial charge on any atom is -0.352 e. The number of nitrogens with zero attached hydrogens (tertiary/aromatic N) is 2. The van der Waals surface area contributed by atoms with Crippen LogP contribution in [0.3, 0.4) is 0 Å². The van der Waals surface area contributed by atoms with Crippen LogP contribution in [0.2, 0.25) is 0 Å². The van der Waals surface area contributed by atoms with Crippen molar-refractivity contribution in [3.8, 4) is 0 Å². The van der Waals surface area contributed by atoms with Crippen molar-refractivity contribution < 1.29 is 14.0 Å². The summed E-state index contributed by atoms with van der Waals surface area (Å²) < 4.78 is 13.3. The molecule has 2 amide bonds. The highest BCUT2D eigenvalue weighted by Crippen LogP contribution is 2.48. The molecule has 4 rings (SSSR count). The summed E-state index contributed by atoms with van der Waals surface area (Å²) in [6.45, 7) is 3.24. The standard InChI is InChI=1S/C19H24FN3O2/c20-14-3-1-2-13(10-14)16-11-17(16)19(25)23-8-6-22(7-9-23)12-18(24)21-15-4-5-15/h1-3,10,15-17H,4-9,11-12H2,(H,21,24)/t16-,17-/m1/s1. The Balaban J connectivity index is 1.24. The lowest BCUT2D eigenvalue weighted by Crippen LogP contribution is -2.51. The van der Waals surface area contributed by atoms with E-state index in [1.54, 1.807) is 6.07 Å². The maximum Gasteiger partial charge on any atom is 0.234 e.